The summed E-state index contributed by atoms with van der Waals surface area (Å²) in [7, 11) is 0. The van der Waals surface area contributed by atoms with Crippen LogP contribution < -0.4 is 4.90 Å². The van der Waals surface area contributed by atoms with Gasteiger partial charge in [-0.15, -0.1) is 0 Å². The summed E-state index contributed by atoms with van der Waals surface area (Å²) in [6.07, 6.45) is 0. The molecule has 0 radical (unpaired) electrons. The molecular formula is C17H25NO3. The second-order valence-electron chi connectivity index (χ2n) is 6.69. The van der Waals surface area contributed by atoms with Crippen molar-refractivity contribution < 1.29 is 14.7 Å². The Hall–Kier alpha value is -1.84. The molecule has 4 nitrogen and oxygen atoms in total. The molecule has 0 bridgehead atoms. The Morgan fingerprint density at radius 2 is 1.81 bits per heavy atom. The van der Waals surface area contributed by atoms with E-state index in [2.05, 4.69) is 0 Å². The Balaban J connectivity index is 3.24. The lowest BCUT2D eigenvalue weighted by Crippen LogP contribution is -2.43. The van der Waals surface area contributed by atoms with Gasteiger partial charge < -0.3 is 10.0 Å². The van der Waals surface area contributed by atoms with Crippen molar-refractivity contribution >= 4 is 17.6 Å². The molecule has 0 saturated carbocycles. The quantitative estimate of drug-likeness (QED) is 0.925. The Kier molecular flexibility index (Phi) is 5.15. The molecule has 0 aliphatic heterocycles. The summed E-state index contributed by atoms with van der Waals surface area (Å²) in [6.45, 7) is 11.3. The van der Waals surface area contributed by atoms with Gasteiger partial charge in [-0.1, -0.05) is 45.4 Å². The lowest BCUT2D eigenvalue weighted by Gasteiger charge is -2.32. The van der Waals surface area contributed by atoms with Gasteiger partial charge in [-0.25, -0.2) is 0 Å². The average molecular weight is 291 g/mol. The molecule has 1 amide bonds. The van der Waals surface area contributed by atoms with Gasteiger partial charge in [0.1, 0.15) is 0 Å². The molecule has 0 fully saturated rings. The molecule has 1 rings (SSSR count). The molecule has 1 N–H and O–H groups in total. The number of benzene rings is 1. The van der Waals surface area contributed by atoms with Crippen molar-refractivity contribution in [3.63, 3.8) is 0 Å². The van der Waals surface area contributed by atoms with Crippen molar-refractivity contribution in [3.8, 4) is 0 Å². The summed E-state index contributed by atoms with van der Waals surface area (Å²) in [5.74, 6) is -1.58. The Morgan fingerprint density at radius 1 is 1.24 bits per heavy atom. The summed E-state index contributed by atoms with van der Waals surface area (Å²) < 4.78 is 0. The molecule has 1 atom stereocenters. The molecule has 0 aliphatic rings. The summed E-state index contributed by atoms with van der Waals surface area (Å²) in [5, 5.41) is 9.14. The number of anilines is 1. The highest BCUT2D eigenvalue weighted by Crippen LogP contribution is 2.27. The van der Waals surface area contributed by atoms with Crippen LogP contribution in [0.2, 0.25) is 0 Å². The van der Waals surface area contributed by atoms with Crippen LogP contribution in [0.1, 0.15) is 38.8 Å². The molecule has 0 aromatic heterocycles. The monoisotopic (exact) mass is 291 g/mol. The van der Waals surface area contributed by atoms with Crippen molar-refractivity contribution in [2.45, 2.75) is 41.5 Å². The number of hydrogen-bond donors (Lipinski definition) is 1. The first-order valence-electron chi connectivity index (χ1n) is 7.16. The van der Waals surface area contributed by atoms with Gasteiger partial charge in [0.2, 0.25) is 5.91 Å². The number of carboxylic acid groups (broad SMARTS) is 1. The van der Waals surface area contributed by atoms with Gasteiger partial charge in [0.25, 0.3) is 0 Å². The molecule has 0 saturated heterocycles. The predicted molar refractivity (Wildman–Crippen MR) is 84.5 cm³/mol. The zero-order chi connectivity index (χ0) is 16.4. The van der Waals surface area contributed by atoms with Crippen LogP contribution in [0.4, 0.5) is 5.69 Å². The van der Waals surface area contributed by atoms with Crippen LogP contribution in [0, 0.1) is 25.2 Å². The number of rotatable bonds is 4. The first kappa shape index (κ1) is 17.2. The lowest BCUT2D eigenvalue weighted by atomic mass is 9.93. The van der Waals surface area contributed by atoms with Crippen molar-refractivity contribution in [3.05, 3.63) is 29.3 Å². The summed E-state index contributed by atoms with van der Waals surface area (Å²) in [5.41, 5.74) is 2.32. The molecule has 0 spiro atoms. The number of carbonyl (C=O) groups excluding carboxylic acids is 1. The molecule has 21 heavy (non-hydrogen) atoms. The van der Waals surface area contributed by atoms with E-state index in [1.54, 1.807) is 11.8 Å². The smallest absolute Gasteiger partial charge is 0.308 e. The highest BCUT2D eigenvalue weighted by atomic mass is 16.4. The van der Waals surface area contributed by atoms with E-state index >= 15 is 0 Å². The van der Waals surface area contributed by atoms with Crippen LogP contribution in [-0.2, 0) is 9.59 Å². The van der Waals surface area contributed by atoms with Crippen LogP contribution in [0.25, 0.3) is 0 Å². The zero-order valence-corrected chi connectivity index (χ0v) is 13.7. The first-order chi connectivity index (χ1) is 9.54. The fraction of sp³-hybridized carbons (Fsp3) is 0.529. The summed E-state index contributed by atoms with van der Waals surface area (Å²) in [4.78, 5) is 25.4. The fourth-order valence-corrected chi connectivity index (χ4v) is 2.16. The average Bonchev–Trinajstić information content (AvgIpc) is 2.34. The second-order valence-corrected chi connectivity index (χ2v) is 6.69. The first-order valence-corrected chi connectivity index (χ1v) is 7.16. The maximum atomic E-state index is 12.7. The van der Waals surface area contributed by atoms with Gasteiger partial charge in [-0.2, -0.15) is 0 Å². The highest BCUT2D eigenvalue weighted by Gasteiger charge is 2.31. The maximum Gasteiger partial charge on any atom is 0.308 e. The molecule has 116 valence electrons. The van der Waals surface area contributed by atoms with Crippen molar-refractivity contribution in [2.75, 3.05) is 11.4 Å². The molecule has 0 heterocycles. The van der Waals surface area contributed by atoms with Gasteiger partial charge in [0.05, 0.1) is 5.92 Å². The number of aryl methyl sites for hydroxylation is 2. The zero-order valence-electron chi connectivity index (χ0n) is 13.7. The van der Waals surface area contributed by atoms with Gasteiger partial charge in [-0.05, 0) is 25.5 Å². The third-order valence-electron chi connectivity index (χ3n) is 3.41. The van der Waals surface area contributed by atoms with Crippen LogP contribution in [-0.4, -0.2) is 23.5 Å². The number of hydrogen-bond acceptors (Lipinski definition) is 2. The Bertz CT molecular complexity index is 543. The predicted octanol–water partition coefficient (Wildman–Crippen LogP) is 3.40. The normalized spacial score (nSPS) is 12.9. The lowest BCUT2D eigenvalue weighted by molar-refractivity contribution is -0.140. The standard InChI is InChI=1S/C17H25NO3/c1-11-7-8-14(12(2)9-11)18(10-13(3)15(19)20)16(21)17(4,5)6/h7-9,13H,10H2,1-6H3,(H,19,20). The number of carbonyl (C=O) groups is 2. The molecule has 0 aliphatic carbocycles. The number of amides is 1. The summed E-state index contributed by atoms with van der Waals surface area (Å²) >= 11 is 0. The molecule has 1 aromatic carbocycles. The van der Waals surface area contributed by atoms with Gasteiger partial charge in [-0.3, -0.25) is 9.59 Å². The van der Waals surface area contributed by atoms with E-state index in [0.717, 1.165) is 16.8 Å². The van der Waals surface area contributed by atoms with E-state index in [1.165, 1.54) is 0 Å². The minimum absolute atomic E-state index is 0.0671. The number of nitrogens with zero attached hydrogens (tertiary/aromatic N) is 1. The highest BCUT2D eigenvalue weighted by molar-refractivity contribution is 5.98. The van der Waals surface area contributed by atoms with E-state index in [4.69, 9.17) is 5.11 Å². The number of aliphatic carboxylic acids is 1. The van der Waals surface area contributed by atoms with Crippen LogP contribution >= 0.6 is 0 Å². The largest absolute Gasteiger partial charge is 0.481 e. The number of carboxylic acids is 1. The van der Waals surface area contributed by atoms with Crippen LogP contribution in [0.3, 0.4) is 0 Å². The minimum Gasteiger partial charge on any atom is -0.481 e. The SMILES string of the molecule is Cc1ccc(N(CC(C)C(=O)O)C(=O)C(C)(C)C)c(C)c1. The van der Waals surface area contributed by atoms with E-state index in [9.17, 15) is 9.59 Å². The molecule has 1 unspecified atom stereocenters. The van der Waals surface area contributed by atoms with Crippen LogP contribution in [0.15, 0.2) is 18.2 Å². The van der Waals surface area contributed by atoms with Crippen molar-refractivity contribution in [1.29, 1.82) is 0 Å². The van der Waals surface area contributed by atoms with Gasteiger partial charge in [0.15, 0.2) is 0 Å². The van der Waals surface area contributed by atoms with E-state index in [0.29, 0.717) is 0 Å². The Labute approximate surface area is 126 Å². The third kappa shape index (κ3) is 4.31. The second kappa shape index (κ2) is 6.29. The fourth-order valence-electron chi connectivity index (χ4n) is 2.16. The van der Waals surface area contributed by atoms with Crippen molar-refractivity contribution in [1.82, 2.24) is 0 Å². The van der Waals surface area contributed by atoms with E-state index < -0.39 is 17.3 Å². The maximum absolute atomic E-state index is 12.7. The Morgan fingerprint density at radius 3 is 2.24 bits per heavy atom. The molecular weight excluding hydrogens is 266 g/mol. The van der Waals surface area contributed by atoms with Gasteiger partial charge >= 0.3 is 5.97 Å². The van der Waals surface area contributed by atoms with Gasteiger partial charge in [0, 0.05) is 17.6 Å². The molecule has 4 heteroatoms. The van der Waals surface area contributed by atoms with Crippen LogP contribution in [0.5, 0.6) is 0 Å². The minimum atomic E-state index is -0.897. The molecule has 1 aromatic rings. The summed E-state index contributed by atoms with van der Waals surface area (Å²) in [6, 6.07) is 5.84. The van der Waals surface area contributed by atoms with E-state index in [-0.39, 0.29) is 12.5 Å². The van der Waals surface area contributed by atoms with E-state index in [1.807, 2.05) is 52.8 Å². The van der Waals surface area contributed by atoms with Crippen molar-refractivity contribution in [2.24, 2.45) is 11.3 Å². The third-order valence-corrected chi connectivity index (χ3v) is 3.41. The topological polar surface area (TPSA) is 57.6 Å².